The zero-order valence-electron chi connectivity index (χ0n) is 36.0. The maximum absolute atomic E-state index is 12.4. The van der Waals surface area contributed by atoms with Crippen molar-refractivity contribution in [2.24, 2.45) is 11.8 Å². The number of ether oxygens (including phenoxy) is 2. The second-order valence-electron chi connectivity index (χ2n) is 16.8. The van der Waals surface area contributed by atoms with Gasteiger partial charge < -0.3 is 19.3 Å². The molecule has 2 N–H and O–H groups in total. The third-order valence-electron chi connectivity index (χ3n) is 10.8. The normalized spacial score (nSPS) is 13.0. The number of carbonyl (C=O) groups excluding carboxylic acids is 2. The Morgan fingerprint density at radius 1 is 0.481 bits per heavy atom. The number of phosphoric acid groups is 1. The molecule has 0 rings (SSSR count). The number of hydrogen-bond donors (Lipinski definition) is 2. The molecule has 0 amide bonds. The number of esters is 2. The highest BCUT2D eigenvalue weighted by Crippen LogP contribution is 2.36. The average molecular weight is 789 g/mol. The average Bonchev–Trinajstić information content (AvgIpc) is 3.13. The standard InChI is InChI=1S/C45H89O8P/c1-5-42(4)36-32-28-24-20-16-12-10-8-6-7-9-11-13-17-21-25-29-33-37-44(46)51-39-43(40-52-54(48,49)50)53-45(47)38-34-30-26-22-18-14-15-19-23-27-31-35-41(2)3/h41-43H,5-40H2,1-4H3,(H2,48,49,50)/t42?,43-/m1/s1. The van der Waals surface area contributed by atoms with Crippen LogP contribution in [0, 0.1) is 11.8 Å². The topological polar surface area (TPSA) is 119 Å². The predicted octanol–water partition coefficient (Wildman–Crippen LogP) is 14.1. The lowest BCUT2D eigenvalue weighted by Crippen LogP contribution is -2.29. The summed E-state index contributed by atoms with van der Waals surface area (Å²) in [7, 11) is -4.75. The molecule has 0 aromatic carbocycles. The first-order valence-electron chi connectivity index (χ1n) is 23.1. The molecule has 0 aliphatic rings. The van der Waals surface area contributed by atoms with Gasteiger partial charge in [-0.15, -0.1) is 0 Å². The van der Waals surface area contributed by atoms with E-state index in [0.29, 0.717) is 6.42 Å². The molecule has 0 aliphatic carbocycles. The second-order valence-corrected chi connectivity index (χ2v) is 18.1. The monoisotopic (exact) mass is 789 g/mol. The molecule has 2 atom stereocenters. The predicted molar refractivity (Wildman–Crippen MR) is 225 cm³/mol. The molecule has 9 heteroatoms. The van der Waals surface area contributed by atoms with Gasteiger partial charge in [0, 0.05) is 12.8 Å². The maximum Gasteiger partial charge on any atom is 0.469 e. The van der Waals surface area contributed by atoms with Gasteiger partial charge in [0.15, 0.2) is 6.10 Å². The second kappa shape index (κ2) is 38.9. The summed E-state index contributed by atoms with van der Waals surface area (Å²) >= 11 is 0. The van der Waals surface area contributed by atoms with Crippen molar-refractivity contribution in [1.82, 2.24) is 0 Å². The Labute approximate surface area is 334 Å². The molecule has 0 aromatic rings. The van der Waals surface area contributed by atoms with E-state index in [1.165, 1.54) is 161 Å². The lowest BCUT2D eigenvalue weighted by molar-refractivity contribution is -0.161. The van der Waals surface area contributed by atoms with Crippen molar-refractivity contribution in [3.63, 3.8) is 0 Å². The summed E-state index contributed by atoms with van der Waals surface area (Å²) in [6.45, 7) is 8.44. The van der Waals surface area contributed by atoms with Gasteiger partial charge >= 0.3 is 19.8 Å². The fourth-order valence-corrected chi connectivity index (χ4v) is 7.37. The number of rotatable bonds is 42. The van der Waals surface area contributed by atoms with Crippen LogP contribution in [0.2, 0.25) is 0 Å². The molecule has 0 radical (unpaired) electrons. The van der Waals surface area contributed by atoms with Gasteiger partial charge in [0.2, 0.25) is 0 Å². The molecule has 0 saturated heterocycles. The van der Waals surface area contributed by atoms with Crippen molar-refractivity contribution >= 4 is 19.8 Å². The van der Waals surface area contributed by atoms with E-state index in [1.807, 2.05) is 0 Å². The van der Waals surface area contributed by atoms with Crippen LogP contribution < -0.4 is 0 Å². The van der Waals surface area contributed by atoms with E-state index in [1.54, 1.807) is 0 Å². The fourth-order valence-electron chi connectivity index (χ4n) is 7.01. The Hall–Kier alpha value is -0.950. The first kappa shape index (κ1) is 53.0. The Balaban J connectivity index is 3.79. The summed E-state index contributed by atoms with van der Waals surface area (Å²) in [5, 5.41) is 0. The molecule has 0 heterocycles. The number of hydrogen-bond acceptors (Lipinski definition) is 6. The van der Waals surface area contributed by atoms with Crippen LogP contribution in [-0.4, -0.2) is 41.0 Å². The Morgan fingerprint density at radius 3 is 1.17 bits per heavy atom. The van der Waals surface area contributed by atoms with Crippen molar-refractivity contribution in [3.05, 3.63) is 0 Å². The van der Waals surface area contributed by atoms with E-state index in [-0.39, 0.29) is 19.4 Å². The van der Waals surface area contributed by atoms with E-state index in [0.717, 1.165) is 50.4 Å². The molecule has 8 nitrogen and oxygen atoms in total. The van der Waals surface area contributed by atoms with Crippen molar-refractivity contribution in [2.45, 2.75) is 252 Å². The lowest BCUT2D eigenvalue weighted by atomic mass is 9.99. The minimum Gasteiger partial charge on any atom is -0.462 e. The van der Waals surface area contributed by atoms with Gasteiger partial charge in [0.25, 0.3) is 0 Å². The summed E-state index contributed by atoms with van der Waals surface area (Å²) in [6, 6.07) is 0. The largest absolute Gasteiger partial charge is 0.469 e. The molecule has 0 aliphatic heterocycles. The molecule has 0 saturated carbocycles. The fraction of sp³-hybridized carbons (Fsp3) is 0.956. The van der Waals surface area contributed by atoms with Gasteiger partial charge in [-0.25, -0.2) is 4.57 Å². The van der Waals surface area contributed by atoms with Crippen molar-refractivity contribution in [2.75, 3.05) is 13.2 Å². The third kappa shape index (κ3) is 42.2. The molecule has 322 valence electrons. The zero-order chi connectivity index (χ0) is 40.0. The number of phosphoric ester groups is 1. The maximum atomic E-state index is 12.4. The smallest absolute Gasteiger partial charge is 0.462 e. The quantitative estimate of drug-likeness (QED) is 0.0356. The highest BCUT2D eigenvalue weighted by molar-refractivity contribution is 7.46. The van der Waals surface area contributed by atoms with Gasteiger partial charge in [-0.2, -0.15) is 0 Å². The van der Waals surface area contributed by atoms with E-state index < -0.39 is 32.5 Å². The Morgan fingerprint density at radius 2 is 0.815 bits per heavy atom. The van der Waals surface area contributed by atoms with Gasteiger partial charge in [0.1, 0.15) is 6.61 Å². The Bertz CT molecular complexity index is 876. The number of carbonyl (C=O) groups is 2. The van der Waals surface area contributed by atoms with E-state index in [9.17, 15) is 14.2 Å². The van der Waals surface area contributed by atoms with Crippen LogP contribution in [0.5, 0.6) is 0 Å². The lowest BCUT2D eigenvalue weighted by Gasteiger charge is -2.18. The molecular weight excluding hydrogens is 699 g/mol. The first-order valence-corrected chi connectivity index (χ1v) is 24.6. The molecule has 0 spiro atoms. The van der Waals surface area contributed by atoms with Crippen LogP contribution in [-0.2, 0) is 28.2 Å². The molecule has 1 unspecified atom stereocenters. The van der Waals surface area contributed by atoms with E-state index >= 15 is 0 Å². The van der Waals surface area contributed by atoms with Gasteiger partial charge in [-0.3, -0.25) is 14.1 Å². The van der Waals surface area contributed by atoms with Crippen molar-refractivity contribution in [1.29, 1.82) is 0 Å². The van der Waals surface area contributed by atoms with Crippen LogP contribution >= 0.6 is 7.82 Å². The van der Waals surface area contributed by atoms with Crippen molar-refractivity contribution < 1.29 is 37.9 Å². The van der Waals surface area contributed by atoms with Crippen LogP contribution in [0.4, 0.5) is 0 Å². The summed E-state index contributed by atoms with van der Waals surface area (Å²) in [4.78, 5) is 42.9. The highest BCUT2D eigenvalue weighted by atomic mass is 31.2. The first-order chi connectivity index (χ1) is 26.0. The Kier molecular flexibility index (Phi) is 38.2. The van der Waals surface area contributed by atoms with Crippen molar-refractivity contribution in [3.8, 4) is 0 Å². The third-order valence-corrected chi connectivity index (χ3v) is 11.3. The van der Waals surface area contributed by atoms with Gasteiger partial charge in [-0.1, -0.05) is 220 Å². The van der Waals surface area contributed by atoms with Gasteiger partial charge in [-0.05, 0) is 24.7 Å². The summed E-state index contributed by atoms with van der Waals surface area (Å²) in [6.07, 6.45) is 39.7. The molecule has 0 aromatic heterocycles. The minimum atomic E-state index is -4.75. The van der Waals surface area contributed by atoms with Crippen LogP contribution in [0.15, 0.2) is 0 Å². The van der Waals surface area contributed by atoms with Crippen LogP contribution in [0.1, 0.15) is 246 Å². The zero-order valence-corrected chi connectivity index (χ0v) is 36.9. The summed E-state index contributed by atoms with van der Waals surface area (Å²) in [5.74, 6) is 0.841. The van der Waals surface area contributed by atoms with E-state index in [2.05, 4.69) is 32.2 Å². The van der Waals surface area contributed by atoms with E-state index in [4.69, 9.17) is 19.3 Å². The molecular formula is C45H89O8P. The molecule has 0 fully saturated rings. The molecule has 0 bridgehead atoms. The molecule has 54 heavy (non-hydrogen) atoms. The highest BCUT2D eigenvalue weighted by Gasteiger charge is 2.23. The van der Waals surface area contributed by atoms with Gasteiger partial charge in [0.05, 0.1) is 6.61 Å². The summed E-state index contributed by atoms with van der Waals surface area (Å²) < 4.78 is 26.4. The SMILES string of the molecule is CCC(C)CCCCCCCCCCCCCCCCCCCCC(=O)OC[C@H](COP(=O)(O)O)OC(=O)CCCCCCCCCCCCCC(C)C. The summed E-state index contributed by atoms with van der Waals surface area (Å²) in [5.41, 5.74) is 0. The minimum absolute atomic E-state index is 0.218. The number of unbranched alkanes of at least 4 members (excludes halogenated alkanes) is 27. The van der Waals surface area contributed by atoms with Crippen LogP contribution in [0.3, 0.4) is 0 Å². The van der Waals surface area contributed by atoms with Crippen LogP contribution in [0.25, 0.3) is 0 Å².